The smallest absolute Gasteiger partial charge is 0.107 e. The molecule has 108 valence electrons. The maximum absolute atomic E-state index is 6.15. The van der Waals surface area contributed by atoms with Crippen molar-refractivity contribution in [3.63, 3.8) is 0 Å². The SMILES string of the molecule is CC1CN(C(CN)c2cc(Br)c(Cl)s2)CC1N(C)C. The van der Waals surface area contributed by atoms with Crippen molar-refractivity contribution in [3.8, 4) is 0 Å². The summed E-state index contributed by atoms with van der Waals surface area (Å²) in [6.07, 6.45) is 0. The average Bonchev–Trinajstić information content (AvgIpc) is 2.85. The summed E-state index contributed by atoms with van der Waals surface area (Å²) < 4.78 is 1.79. The van der Waals surface area contributed by atoms with Crippen LogP contribution in [0.5, 0.6) is 0 Å². The summed E-state index contributed by atoms with van der Waals surface area (Å²) in [5.41, 5.74) is 6.00. The van der Waals surface area contributed by atoms with Crippen LogP contribution in [-0.4, -0.2) is 49.6 Å². The van der Waals surface area contributed by atoms with Crippen LogP contribution in [0.4, 0.5) is 0 Å². The second kappa shape index (κ2) is 6.41. The zero-order valence-corrected chi connectivity index (χ0v) is 14.7. The Morgan fingerprint density at radius 1 is 1.58 bits per heavy atom. The Morgan fingerprint density at radius 3 is 2.68 bits per heavy atom. The molecule has 0 radical (unpaired) electrons. The first-order chi connectivity index (χ1) is 8.93. The van der Waals surface area contributed by atoms with Gasteiger partial charge in [0.05, 0.1) is 6.04 Å². The third kappa shape index (κ3) is 3.34. The van der Waals surface area contributed by atoms with Crippen LogP contribution in [0.2, 0.25) is 4.34 Å². The van der Waals surface area contributed by atoms with Gasteiger partial charge >= 0.3 is 0 Å². The van der Waals surface area contributed by atoms with Gasteiger partial charge in [0.1, 0.15) is 4.34 Å². The lowest BCUT2D eigenvalue weighted by atomic mass is 10.1. The molecule has 0 amide bonds. The summed E-state index contributed by atoms with van der Waals surface area (Å²) in [6, 6.07) is 2.99. The molecule has 19 heavy (non-hydrogen) atoms. The van der Waals surface area contributed by atoms with Crippen LogP contribution >= 0.6 is 38.9 Å². The Hall–Kier alpha value is 0.350. The van der Waals surface area contributed by atoms with Gasteiger partial charge in [-0.1, -0.05) is 18.5 Å². The molecule has 1 aliphatic rings. The van der Waals surface area contributed by atoms with Crippen LogP contribution in [0, 0.1) is 5.92 Å². The summed E-state index contributed by atoms with van der Waals surface area (Å²) in [5.74, 6) is 0.669. The third-order valence-corrected chi connectivity index (χ3v) is 6.50. The number of nitrogens with two attached hydrogens (primary N) is 1. The van der Waals surface area contributed by atoms with E-state index in [4.69, 9.17) is 17.3 Å². The minimum absolute atomic E-state index is 0.279. The van der Waals surface area contributed by atoms with E-state index in [2.05, 4.69) is 52.8 Å². The van der Waals surface area contributed by atoms with Crippen LogP contribution < -0.4 is 5.73 Å². The summed E-state index contributed by atoms with van der Waals surface area (Å²) in [6.45, 7) is 5.12. The second-order valence-corrected chi connectivity index (χ2v) is 8.02. The van der Waals surface area contributed by atoms with E-state index in [9.17, 15) is 0 Å². The van der Waals surface area contributed by atoms with Crippen molar-refractivity contribution in [1.82, 2.24) is 9.80 Å². The number of thiophene rings is 1. The fraction of sp³-hybridized carbons (Fsp3) is 0.692. The predicted octanol–water partition coefficient (Wildman–Crippen LogP) is 3.05. The van der Waals surface area contributed by atoms with E-state index in [-0.39, 0.29) is 6.04 Å². The fourth-order valence-corrected chi connectivity index (χ4v) is 4.77. The molecule has 3 atom stereocenters. The van der Waals surface area contributed by atoms with Crippen LogP contribution in [0.25, 0.3) is 0 Å². The highest BCUT2D eigenvalue weighted by Gasteiger charge is 2.35. The molecule has 6 heteroatoms. The quantitative estimate of drug-likeness (QED) is 0.889. The standard InChI is InChI=1S/C13H21BrClN3S/c1-8-6-18(7-11(8)17(2)3)10(5-16)12-4-9(14)13(15)19-12/h4,8,10-11H,5-7,16H2,1-3H3. The zero-order valence-electron chi connectivity index (χ0n) is 11.6. The fourth-order valence-electron chi connectivity index (χ4n) is 2.89. The highest BCUT2D eigenvalue weighted by Crippen LogP contribution is 2.38. The molecule has 1 fully saturated rings. The monoisotopic (exact) mass is 365 g/mol. The van der Waals surface area contributed by atoms with Crippen molar-refractivity contribution in [2.24, 2.45) is 11.7 Å². The van der Waals surface area contributed by atoms with E-state index in [1.165, 1.54) is 4.88 Å². The van der Waals surface area contributed by atoms with Crippen molar-refractivity contribution < 1.29 is 0 Å². The molecule has 1 aromatic rings. The average molecular weight is 367 g/mol. The predicted molar refractivity (Wildman–Crippen MR) is 87.0 cm³/mol. The Morgan fingerprint density at radius 2 is 2.26 bits per heavy atom. The van der Waals surface area contributed by atoms with Crippen molar-refractivity contribution >= 4 is 38.9 Å². The molecule has 0 bridgehead atoms. The lowest BCUT2D eigenvalue weighted by molar-refractivity contribution is 0.221. The molecule has 2 rings (SSSR count). The van der Waals surface area contributed by atoms with E-state index in [1.54, 1.807) is 11.3 Å². The molecular weight excluding hydrogens is 346 g/mol. The molecule has 1 aromatic heterocycles. The van der Waals surface area contributed by atoms with Crippen LogP contribution in [-0.2, 0) is 0 Å². The van der Waals surface area contributed by atoms with E-state index in [0.29, 0.717) is 18.5 Å². The topological polar surface area (TPSA) is 32.5 Å². The van der Waals surface area contributed by atoms with Gasteiger partial charge in [-0.3, -0.25) is 4.90 Å². The minimum Gasteiger partial charge on any atom is -0.329 e. The van der Waals surface area contributed by atoms with Gasteiger partial charge in [-0.05, 0) is 42.0 Å². The summed E-state index contributed by atoms with van der Waals surface area (Å²) in [7, 11) is 4.31. The van der Waals surface area contributed by atoms with Gasteiger partial charge in [0.15, 0.2) is 0 Å². The summed E-state index contributed by atoms with van der Waals surface area (Å²) in [4.78, 5) is 6.06. The summed E-state index contributed by atoms with van der Waals surface area (Å²) >= 11 is 11.3. The van der Waals surface area contributed by atoms with Crippen LogP contribution in [0.15, 0.2) is 10.5 Å². The number of halogens is 2. The van der Waals surface area contributed by atoms with Crippen LogP contribution in [0.3, 0.4) is 0 Å². The zero-order chi connectivity index (χ0) is 14.2. The van der Waals surface area contributed by atoms with Gasteiger partial charge in [-0.25, -0.2) is 0 Å². The number of hydrogen-bond acceptors (Lipinski definition) is 4. The van der Waals surface area contributed by atoms with Gasteiger partial charge in [0.2, 0.25) is 0 Å². The van der Waals surface area contributed by atoms with Gasteiger partial charge < -0.3 is 10.6 Å². The first-order valence-electron chi connectivity index (χ1n) is 6.49. The second-order valence-electron chi connectivity index (χ2n) is 5.48. The summed E-state index contributed by atoms with van der Waals surface area (Å²) in [5, 5.41) is 0. The van der Waals surface area contributed by atoms with E-state index in [1.807, 2.05) is 0 Å². The number of likely N-dealkylation sites (N-methyl/N-ethyl adjacent to an activating group) is 1. The van der Waals surface area contributed by atoms with Gasteiger partial charge in [-0.15, -0.1) is 11.3 Å². The molecule has 3 nitrogen and oxygen atoms in total. The molecule has 1 saturated heterocycles. The number of hydrogen-bond donors (Lipinski definition) is 1. The maximum Gasteiger partial charge on any atom is 0.107 e. The van der Waals surface area contributed by atoms with Gasteiger partial charge in [0, 0.05) is 35.0 Å². The Balaban J connectivity index is 2.15. The van der Waals surface area contributed by atoms with Crippen LogP contribution in [0.1, 0.15) is 17.8 Å². The molecule has 0 saturated carbocycles. The lowest BCUT2D eigenvalue weighted by Crippen LogP contribution is -2.36. The molecule has 0 aliphatic carbocycles. The number of nitrogens with zero attached hydrogens (tertiary/aromatic N) is 2. The molecule has 2 N–H and O–H groups in total. The third-order valence-electron chi connectivity index (χ3n) is 3.92. The molecule has 3 unspecified atom stereocenters. The largest absolute Gasteiger partial charge is 0.329 e. The molecular formula is C13H21BrClN3S. The number of likely N-dealkylation sites (tertiary alicyclic amines) is 1. The van der Waals surface area contributed by atoms with Crippen molar-refractivity contribution in [2.45, 2.75) is 19.0 Å². The normalized spacial score (nSPS) is 26.3. The first-order valence-corrected chi connectivity index (χ1v) is 8.48. The van der Waals surface area contributed by atoms with E-state index >= 15 is 0 Å². The molecule has 0 spiro atoms. The maximum atomic E-state index is 6.15. The Bertz CT molecular complexity index is 418. The first kappa shape index (κ1) is 15.7. The van der Waals surface area contributed by atoms with Gasteiger partial charge in [0.25, 0.3) is 0 Å². The van der Waals surface area contributed by atoms with E-state index in [0.717, 1.165) is 21.9 Å². The Labute approximate surface area is 132 Å². The van der Waals surface area contributed by atoms with Crippen molar-refractivity contribution in [3.05, 3.63) is 19.8 Å². The van der Waals surface area contributed by atoms with Crippen molar-refractivity contribution in [1.29, 1.82) is 0 Å². The minimum atomic E-state index is 0.279. The Kier molecular flexibility index (Phi) is 5.31. The van der Waals surface area contributed by atoms with Gasteiger partial charge in [-0.2, -0.15) is 0 Å². The highest BCUT2D eigenvalue weighted by atomic mass is 79.9. The van der Waals surface area contributed by atoms with E-state index < -0.39 is 0 Å². The molecule has 1 aliphatic heterocycles. The molecule has 2 heterocycles. The highest BCUT2D eigenvalue weighted by molar-refractivity contribution is 9.10. The molecule has 0 aromatic carbocycles. The number of rotatable bonds is 4. The lowest BCUT2D eigenvalue weighted by Gasteiger charge is -2.27. The van der Waals surface area contributed by atoms with Crippen molar-refractivity contribution in [2.75, 3.05) is 33.7 Å².